The van der Waals surface area contributed by atoms with Gasteiger partial charge in [0.25, 0.3) is 0 Å². The molecular weight excluding hydrogens is 404 g/mol. The van der Waals surface area contributed by atoms with Crippen molar-refractivity contribution in [2.24, 2.45) is 0 Å². The van der Waals surface area contributed by atoms with Crippen molar-refractivity contribution in [3.63, 3.8) is 0 Å². The zero-order valence-electron chi connectivity index (χ0n) is 17.0. The maximum Gasteiger partial charge on any atom is 0.234 e. The Morgan fingerprint density at radius 1 is 1.20 bits per heavy atom. The zero-order chi connectivity index (χ0) is 21.5. The van der Waals surface area contributed by atoms with E-state index in [0.29, 0.717) is 34.7 Å². The lowest BCUT2D eigenvalue weighted by Gasteiger charge is -2.16. The van der Waals surface area contributed by atoms with Gasteiger partial charge in [0.2, 0.25) is 5.91 Å². The van der Waals surface area contributed by atoms with Crippen LogP contribution in [0.25, 0.3) is 0 Å². The maximum absolute atomic E-state index is 12.2. The number of hydrogen-bond acceptors (Lipinski definition) is 7. The topological polar surface area (TPSA) is 98.5 Å². The summed E-state index contributed by atoms with van der Waals surface area (Å²) in [5, 5.41) is 21.4. The molecule has 1 atom stereocenters. The molecule has 0 saturated carbocycles. The Morgan fingerprint density at radius 3 is 2.70 bits per heavy atom. The SMILES string of the molecule is CCn1c(SCC(=O)Nc2cccc(O)c2)nnc1C(C)Oc1cccc(OC)c1. The number of nitrogens with zero attached hydrogens (tertiary/aromatic N) is 3. The molecule has 0 saturated heterocycles. The normalized spacial score (nSPS) is 11.7. The molecule has 1 aromatic heterocycles. The average Bonchev–Trinajstić information content (AvgIpc) is 3.15. The largest absolute Gasteiger partial charge is 0.508 e. The van der Waals surface area contributed by atoms with Crippen LogP contribution in [0.4, 0.5) is 5.69 Å². The number of carbonyl (C=O) groups is 1. The van der Waals surface area contributed by atoms with Crippen LogP contribution in [0.1, 0.15) is 25.8 Å². The van der Waals surface area contributed by atoms with Crippen LogP contribution in [-0.2, 0) is 11.3 Å². The number of methoxy groups -OCH3 is 1. The zero-order valence-corrected chi connectivity index (χ0v) is 17.8. The summed E-state index contributed by atoms with van der Waals surface area (Å²) in [5.74, 6) is 2.13. The first-order valence-corrected chi connectivity index (χ1v) is 10.4. The van der Waals surface area contributed by atoms with Crippen molar-refractivity contribution in [3.05, 3.63) is 54.4 Å². The van der Waals surface area contributed by atoms with E-state index in [4.69, 9.17) is 9.47 Å². The van der Waals surface area contributed by atoms with E-state index >= 15 is 0 Å². The van der Waals surface area contributed by atoms with Gasteiger partial charge in [0, 0.05) is 24.4 Å². The number of rotatable bonds is 9. The van der Waals surface area contributed by atoms with Gasteiger partial charge in [-0.3, -0.25) is 4.79 Å². The highest BCUT2D eigenvalue weighted by molar-refractivity contribution is 7.99. The minimum atomic E-state index is -0.333. The highest BCUT2D eigenvalue weighted by Crippen LogP contribution is 2.27. The molecule has 0 spiro atoms. The molecule has 1 amide bonds. The van der Waals surface area contributed by atoms with Gasteiger partial charge in [0.1, 0.15) is 17.2 Å². The van der Waals surface area contributed by atoms with E-state index in [1.807, 2.05) is 42.7 Å². The molecule has 8 nitrogen and oxygen atoms in total. The highest BCUT2D eigenvalue weighted by atomic mass is 32.2. The molecule has 158 valence electrons. The number of ether oxygens (including phenoxy) is 2. The second-order valence-electron chi connectivity index (χ2n) is 6.41. The number of phenolic OH excluding ortho intramolecular Hbond substituents is 1. The number of aromatic hydroxyl groups is 1. The smallest absolute Gasteiger partial charge is 0.234 e. The number of amides is 1. The molecule has 0 radical (unpaired) electrons. The molecule has 3 rings (SSSR count). The van der Waals surface area contributed by atoms with Crippen molar-refractivity contribution in [1.82, 2.24) is 14.8 Å². The van der Waals surface area contributed by atoms with E-state index in [9.17, 15) is 9.90 Å². The predicted octanol–water partition coefficient (Wildman–Crippen LogP) is 3.88. The van der Waals surface area contributed by atoms with Crippen molar-refractivity contribution in [2.75, 3.05) is 18.2 Å². The molecule has 1 unspecified atom stereocenters. The van der Waals surface area contributed by atoms with Gasteiger partial charge >= 0.3 is 0 Å². The second kappa shape index (κ2) is 10.0. The van der Waals surface area contributed by atoms with Crippen molar-refractivity contribution >= 4 is 23.4 Å². The van der Waals surface area contributed by atoms with Crippen LogP contribution in [0, 0.1) is 0 Å². The summed E-state index contributed by atoms with van der Waals surface area (Å²) < 4.78 is 13.2. The minimum absolute atomic E-state index is 0.0980. The van der Waals surface area contributed by atoms with E-state index < -0.39 is 0 Å². The number of aromatic nitrogens is 3. The quantitative estimate of drug-likeness (QED) is 0.499. The molecule has 0 bridgehead atoms. The van der Waals surface area contributed by atoms with Gasteiger partial charge in [-0.05, 0) is 38.1 Å². The summed E-state index contributed by atoms with van der Waals surface area (Å²) in [6.07, 6.45) is -0.333. The predicted molar refractivity (Wildman–Crippen MR) is 115 cm³/mol. The minimum Gasteiger partial charge on any atom is -0.508 e. The van der Waals surface area contributed by atoms with Crippen molar-refractivity contribution in [3.8, 4) is 17.2 Å². The van der Waals surface area contributed by atoms with Crippen LogP contribution in [0.2, 0.25) is 0 Å². The fourth-order valence-electron chi connectivity index (χ4n) is 2.85. The van der Waals surface area contributed by atoms with Crippen molar-refractivity contribution in [2.45, 2.75) is 31.7 Å². The number of thioether (sulfide) groups is 1. The summed E-state index contributed by atoms with van der Waals surface area (Å²) in [5.41, 5.74) is 0.540. The first-order valence-electron chi connectivity index (χ1n) is 9.45. The Labute approximate surface area is 179 Å². The highest BCUT2D eigenvalue weighted by Gasteiger charge is 2.19. The van der Waals surface area contributed by atoms with E-state index in [2.05, 4.69) is 15.5 Å². The molecule has 2 aromatic carbocycles. The van der Waals surface area contributed by atoms with Gasteiger partial charge in [-0.2, -0.15) is 0 Å². The van der Waals surface area contributed by atoms with Gasteiger partial charge < -0.3 is 24.5 Å². The van der Waals surface area contributed by atoms with E-state index in [1.165, 1.54) is 17.8 Å². The molecule has 0 aliphatic rings. The Hall–Kier alpha value is -3.20. The van der Waals surface area contributed by atoms with Crippen molar-refractivity contribution < 1.29 is 19.4 Å². The van der Waals surface area contributed by atoms with Gasteiger partial charge in [-0.25, -0.2) is 0 Å². The number of benzene rings is 2. The lowest BCUT2D eigenvalue weighted by molar-refractivity contribution is -0.113. The van der Waals surface area contributed by atoms with Gasteiger partial charge in [-0.15, -0.1) is 10.2 Å². The van der Waals surface area contributed by atoms with E-state index in [-0.39, 0.29) is 23.5 Å². The first-order chi connectivity index (χ1) is 14.5. The third-order valence-corrected chi connectivity index (χ3v) is 5.21. The molecule has 3 aromatic rings. The molecule has 0 fully saturated rings. The standard InChI is InChI=1S/C21H24N4O4S/c1-4-25-20(14(2)29-18-10-6-9-17(12-18)28-3)23-24-21(25)30-13-19(27)22-15-7-5-8-16(26)11-15/h5-12,14,26H,4,13H2,1-3H3,(H,22,27). The number of hydrogen-bond donors (Lipinski definition) is 2. The van der Waals surface area contributed by atoms with Crippen LogP contribution >= 0.6 is 11.8 Å². The molecule has 1 heterocycles. The number of carbonyl (C=O) groups excluding carboxylic acids is 1. The third-order valence-electron chi connectivity index (χ3n) is 4.24. The molecule has 30 heavy (non-hydrogen) atoms. The summed E-state index contributed by atoms with van der Waals surface area (Å²) in [6.45, 7) is 4.53. The summed E-state index contributed by atoms with van der Waals surface area (Å²) in [7, 11) is 1.61. The number of anilines is 1. The Balaban J connectivity index is 1.63. The number of nitrogens with one attached hydrogen (secondary N) is 1. The Kier molecular flexibility index (Phi) is 7.18. The molecule has 9 heteroatoms. The molecule has 0 aliphatic heterocycles. The van der Waals surface area contributed by atoms with Crippen molar-refractivity contribution in [1.29, 1.82) is 0 Å². The van der Waals surface area contributed by atoms with Crippen LogP contribution in [0.3, 0.4) is 0 Å². The lowest BCUT2D eigenvalue weighted by atomic mass is 10.3. The summed E-state index contributed by atoms with van der Waals surface area (Å²) >= 11 is 1.29. The van der Waals surface area contributed by atoms with Gasteiger partial charge in [0.05, 0.1) is 12.9 Å². The molecule has 2 N–H and O–H groups in total. The number of phenols is 1. The summed E-state index contributed by atoms with van der Waals surface area (Å²) in [6, 6.07) is 13.8. The van der Waals surface area contributed by atoms with Crippen LogP contribution in [0.15, 0.2) is 53.7 Å². The lowest BCUT2D eigenvalue weighted by Crippen LogP contribution is -2.15. The molecular formula is C21H24N4O4S. The third kappa shape index (κ3) is 5.44. The fraction of sp³-hybridized carbons (Fsp3) is 0.286. The fourth-order valence-corrected chi connectivity index (χ4v) is 3.66. The maximum atomic E-state index is 12.2. The van der Waals surface area contributed by atoms with Gasteiger partial charge in [-0.1, -0.05) is 23.9 Å². The van der Waals surface area contributed by atoms with Crippen LogP contribution in [-0.4, -0.2) is 38.6 Å². The average molecular weight is 429 g/mol. The van der Waals surface area contributed by atoms with Gasteiger partial charge in [0.15, 0.2) is 17.1 Å². The van der Waals surface area contributed by atoms with Crippen LogP contribution < -0.4 is 14.8 Å². The Bertz CT molecular complexity index is 1010. The van der Waals surface area contributed by atoms with E-state index in [0.717, 1.165) is 0 Å². The first kappa shape index (κ1) is 21.5. The summed E-state index contributed by atoms with van der Waals surface area (Å²) in [4.78, 5) is 12.2. The monoisotopic (exact) mass is 428 g/mol. The Morgan fingerprint density at radius 2 is 1.97 bits per heavy atom. The van der Waals surface area contributed by atoms with Crippen LogP contribution in [0.5, 0.6) is 17.2 Å². The second-order valence-corrected chi connectivity index (χ2v) is 7.35. The molecule has 0 aliphatic carbocycles. The van der Waals surface area contributed by atoms with E-state index in [1.54, 1.807) is 25.3 Å².